The highest BCUT2D eigenvalue weighted by atomic mass is 16.5. The van der Waals surface area contributed by atoms with Crippen molar-refractivity contribution in [1.82, 2.24) is 9.97 Å². The van der Waals surface area contributed by atoms with E-state index < -0.39 is 0 Å². The average Bonchev–Trinajstić information content (AvgIpc) is 3.18. The Hall–Kier alpha value is -3.41. The van der Waals surface area contributed by atoms with Crippen molar-refractivity contribution < 1.29 is 9.53 Å². The second-order valence-electron chi connectivity index (χ2n) is 6.65. The van der Waals surface area contributed by atoms with E-state index in [0.717, 1.165) is 30.8 Å². The zero-order chi connectivity index (χ0) is 19.3. The Morgan fingerprint density at radius 1 is 1.11 bits per heavy atom. The SMILES string of the molecule is COc1ccc(CCNc2cnc(C(=O)N3CCc4ccccc43)cn2)cc1. The topological polar surface area (TPSA) is 67.3 Å². The molecule has 0 unspecified atom stereocenters. The Kier molecular flexibility index (Phi) is 5.19. The van der Waals surface area contributed by atoms with Gasteiger partial charge in [-0.25, -0.2) is 9.97 Å². The third-order valence-corrected chi connectivity index (χ3v) is 4.88. The Bertz CT molecular complexity index is 955. The summed E-state index contributed by atoms with van der Waals surface area (Å²) in [6.45, 7) is 1.41. The van der Waals surface area contributed by atoms with Crippen molar-refractivity contribution in [3.63, 3.8) is 0 Å². The molecule has 0 bridgehead atoms. The zero-order valence-electron chi connectivity index (χ0n) is 15.8. The standard InChI is InChI=1S/C22H22N4O2/c1-28-18-8-6-16(7-9-18)10-12-23-21-15-24-19(14-25-21)22(27)26-13-11-17-4-2-3-5-20(17)26/h2-9,14-15H,10-13H2,1H3,(H,23,25). The van der Waals surface area contributed by atoms with Gasteiger partial charge in [0.25, 0.3) is 5.91 Å². The fraction of sp³-hybridized carbons (Fsp3) is 0.227. The van der Waals surface area contributed by atoms with Crippen LogP contribution in [0.5, 0.6) is 5.75 Å². The van der Waals surface area contributed by atoms with Gasteiger partial charge in [-0.3, -0.25) is 4.79 Å². The van der Waals surface area contributed by atoms with Crippen molar-refractivity contribution >= 4 is 17.4 Å². The Morgan fingerprint density at radius 3 is 2.68 bits per heavy atom. The number of amides is 1. The zero-order valence-corrected chi connectivity index (χ0v) is 15.8. The summed E-state index contributed by atoms with van der Waals surface area (Å²) >= 11 is 0. The maximum atomic E-state index is 12.8. The second-order valence-corrected chi connectivity index (χ2v) is 6.65. The molecule has 0 atom stereocenters. The van der Waals surface area contributed by atoms with Gasteiger partial charge in [0.15, 0.2) is 0 Å². The van der Waals surface area contributed by atoms with Gasteiger partial charge in [-0.1, -0.05) is 30.3 Å². The number of aromatic nitrogens is 2. The summed E-state index contributed by atoms with van der Waals surface area (Å²) < 4.78 is 5.16. The third-order valence-electron chi connectivity index (χ3n) is 4.88. The number of anilines is 2. The van der Waals surface area contributed by atoms with E-state index in [0.29, 0.717) is 18.1 Å². The number of rotatable bonds is 6. The maximum Gasteiger partial charge on any atom is 0.278 e. The molecule has 2 aromatic carbocycles. The smallest absolute Gasteiger partial charge is 0.278 e. The molecule has 2 heterocycles. The van der Waals surface area contributed by atoms with Crippen molar-refractivity contribution in [2.45, 2.75) is 12.8 Å². The summed E-state index contributed by atoms with van der Waals surface area (Å²) in [5.74, 6) is 1.40. The molecule has 1 aliphatic rings. The van der Waals surface area contributed by atoms with Gasteiger partial charge in [0.05, 0.1) is 19.5 Å². The summed E-state index contributed by atoms with van der Waals surface area (Å²) in [7, 11) is 1.66. The van der Waals surface area contributed by atoms with Gasteiger partial charge in [-0.2, -0.15) is 0 Å². The van der Waals surface area contributed by atoms with Crippen LogP contribution in [0, 0.1) is 0 Å². The molecule has 0 radical (unpaired) electrons. The summed E-state index contributed by atoms with van der Waals surface area (Å²) in [5.41, 5.74) is 3.73. The molecule has 3 aromatic rings. The predicted octanol–water partition coefficient (Wildman–Crippen LogP) is 3.34. The molecular weight excluding hydrogens is 352 g/mol. The van der Waals surface area contributed by atoms with Crippen LogP contribution in [0.1, 0.15) is 21.6 Å². The van der Waals surface area contributed by atoms with Crippen LogP contribution in [0.2, 0.25) is 0 Å². The number of carbonyl (C=O) groups excluding carboxylic acids is 1. The van der Waals surface area contributed by atoms with Gasteiger partial charge in [0.2, 0.25) is 0 Å². The fourth-order valence-electron chi connectivity index (χ4n) is 3.34. The lowest BCUT2D eigenvalue weighted by Gasteiger charge is -2.16. The van der Waals surface area contributed by atoms with Crippen LogP contribution in [-0.2, 0) is 12.8 Å². The molecule has 0 fully saturated rings. The van der Waals surface area contributed by atoms with E-state index >= 15 is 0 Å². The van der Waals surface area contributed by atoms with Crippen molar-refractivity contribution in [3.8, 4) is 5.75 Å². The number of nitrogens with zero attached hydrogens (tertiary/aromatic N) is 3. The average molecular weight is 374 g/mol. The number of para-hydroxylation sites is 1. The molecule has 6 nitrogen and oxygen atoms in total. The first-order valence-electron chi connectivity index (χ1n) is 9.33. The molecular formula is C22H22N4O2. The van der Waals surface area contributed by atoms with Crippen molar-refractivity contribution in [2.75, 3.05) is 30.4 Å². The molecule has 1 amide bonds. The molecule has 0 aliphatic carbocycles. The first kappa shape index (κ1) is 18.0. The highest BCUT2D eigenvalue weighted by Gasteiger charge is 2.26. The van der Waals surface area contributed by atoms with Gasteiger partial charge in [-0.05, 0) is 42.2 Å². The number of nitrogens with one attached hydrogen (secondary N) is 1. The molecule has 28 heavy (non-hydrogen) atoms. The summed E-state index contributed by atoms with van der Waals surface area (Å²) in [5, 5.41) is 3.24. The summed E-state index contributed by atoms with van der Waals surface area (Å²) in [6, 6.07) is 16.0. The number of hydrogen-bond acceptors (Lipinski definition) is 5. The lowest BCUT2D eigenvalue weighted by Crippen LogP contribution is -2.29. The normalized spacial score (nSPS) is 12.5. The Labute approximate surface area is 164 Å². The van der Waals surface area contributed by atoms with Gasteiger partial charge < -0.3 is 15.0 Å². The molecule has 4 rings (SSSR count). The van der Waals surface area contributed by atoms with E-state index in [-0.39, 0.29) is 5.91 Å². The molecule has 1 aromatic heterocycles. The largest absolute Gasteiger partial charge is 0.497 e. The second kappa shape index (κ2) is 8.08. The number of ether oxygens (including phenoxy) is 1. The van der Waals surface area contributed by atoms with Crippen LogP contribution in [0.15, 0.2) is 60.9 Å². The molecule has 1 aliphatic heterocycles. The lowest BCUT2D eigenvalue weighted by molar-refractivity contribution is 0.0984. The quantitative estimate of drug-likeness (QED) is 0.717. The summed E-state index contributed by atoms with van der Waals surface area (Å²) in [4.78, 5) is 23.2. The minimum absolute atomic E-state index is 0.109. The van der Waals surface area contributed by atoms with E-state index in [1.165, 1.54) is 11.1 Å². The van der Waals surface area contributed by atoms with Gasteiger partial charge in [0, 0.05) is 18.8 Å². The molecule has 0 saturated carbocycles. The number of hydrogen-bond donors (Lipinski definition) is 1. The van der Waals surface area contributed by atoms with Crippen LogP contribution in [0.3, 0.4) is 0 Å². The summed E-state index contributed by atoms with van der Waals surface area (Å²) in [6.07, 6.45) is 4.89. The molecule has 142 valence electrons. The van der Waals surface area contributed by atoms with E-state index in [2.05, 4.69) is 21.4 Å². The van der Waals surface area contributed by atoms with E-state index in [4.69, 9.17) is 4.74 Å². The van der Waals surface area contributed by atoms with E-state index in [9.17, 15) is 4.79 Å². The molecule has 0 saturated heterocycles. The van der Waals surface area contributed by atoms with Crippen LogP contribution < -0.4 is 15.0 Å². The molecule has 6 heteroatoms. The predicted molar refractivity (Wildman–Crippen MR) is 109 cm³/mol. The lowest BCUT2D eigenvalue weighted by atomic mass is 10.1. The third kappa shape index (κ3) is 3.81. The minimum atomic E-state index is -0.109. The molecule has 0 spiro atoms. The monoisotopic (exact) mass is 374 g/mol. The minimum Gasteiger partial charge on any atom is -0.497 e. The van der Waals surface area contributed by atoms with Crippen LogP contribution in [0.4, 0.5) is 11.5 Å². The number of fused-ring (bicyclic) bond motifs is 1. The Morgan fingerprint density at radius 2 is 1.93 bits per heavy atom. The number of benzene rings is 2. The number of methoxy groups -OCH3 is 1. The highest BCUT2D eigenvalue weighted by Crippen LogP contribution is 2.28. The van der Waals surface area contributed by atoms with Crippen LogP contribution in [-0.4, -0.2) is 36.1 Å². The van der Waals surface area contributed by atoms with E-state index in [1.807, 2.05) is 42.5 Å². The Balaban J connectivity index is 1.34. The maximum absolute atomic E-state index is 12.8. The van der Waals surface area contributed by atoms with Gasteiger partial charge >= 0.3 is 0 Å². The first-order valence-corrected chi connectivity index (χ1v) is 9.33. The highest BCUT2D eigenvalue weighted by molar-refractivity contribution is 6.05. The van der Waals surface area contributed by atoms with Crippen molar-refractivity contribution in [2.24, 2.45) is 0 Å². The van der Waals surface area contributed by atoms with Crippen LogP contribution >= 0.6 is 0 Å². The molecule has 1 N–H and O–H groups in total. The number of carbonyl (C=O) groups is 1. The van der Waals surface area contributed by atoms with E-state index in [1.54, 1.807) is 24.4 Å². The van der Waals surface area contributed by atoms with Crippen LogP contribution in [0.25, 0.3) is 0 Å². The fourth-order valence-corrected chi connectivity index (χ4v) is 3.34. The van der Waals surface area contributed by atoms with Gasteiger partial charge in [-0.15, -0.1) is 0 Å². The van der Waals surface area contributed by atoms with Gasteiger partial charge in [0.1, 0.15) is 17.3 Å². The van der Waals surface area contributed by atoms with Crippen molar-refractivity contribution in [1.29, 1.82) is 0 Å². The first-order chi connectivity index (χ1) is 13.7. The van der Waals surface area contributed by atoms with Crippen molar-refractivity contribution in [3.05, 3.63) is 77.7 Å².